The van der Waals surface area contributed by atoms with Gasteiger partial charge in [-0.3, -0.25) is 0 Å². The smallest absolute Gasteiger partial charge is 0.136 e. The molecule has 2 heterocycles. The largest absolute Gasteiger partial charge is 0.495 e. The van der Waals surface area contributed by atoms with Gasteiger partial charge in [-0.15, -0.1) is 0 Å². The molecule has 106 valence electrons. The molecule has 2 atom stereocenters. The number of fused-ring (bicyclic) bond motifs is 2. The van der Waals surface area contributed by atoms with E-state index in [1.165, 1.54) is 19.3 Å². The van der Waals surface area contributed by atoms with Crippen molar-refractivity contribution in [3.8, 4) is 11.8 Å². The van der Waals surface area contributed by atoms with Crippen molar-refractivity contribution in [2.75, 3.05) is 7.11 Å². The van der Waals surface area contributed by atoms with Gasteiger partial charge in [0.1, 0.15) is 11.8 Å². The van der Waals surface area contributed by atoms with Crippen LogP contribution in [0.1, 0.15) is 43.2 Å². The van der Waals surface area contributed by atoms with Crippen LogP contribution < -0.4 is 4.74 Å². The fourth-order valence-corrected chi connectivity index (χ4v) is 5.32. The highest BCUT2D eigenvalue weighted by atomic mass is 32.2. The number of nitrogens with zero attached hydrogens (tertiary/aromatic N) is 1. The molecule has 2 fully saturated rings. The van der Waals surface area contributed by atoms with Crippen molar-refractivity contribution in [2.45, 2.75) is 48.2 Å². The second kappa shape index (κ2) is 5.31. The Labute approximate surface area is 123 Å². The van der Waals surface area contributed by atoms with Crippen LogP contribution in [0.2, 0.25) is 0 Å². The van der Waals surface area contributed by atoms with Gasteiger partial charge in [-0.1, -0.05) is 12.5 Å². The third-order valence-corrected chi connectivity index (χ3v) is 6.00. The minimum absolute atomic E-state index is 0.519. The van der Waals surface area contributed by atoms with Gasteiger partial charge in [-0.25, -0.2) is 0 Å². The molecule has 2 unspecified atom stereocenters. The van der Waals surface area contributed by atoms with Crippen molar-refractivity contribution in [3.05, 3.63) is 29.3 Å². The van der Waals surface area contributed by atoms with Crippen LogP contribution in [-0.2, 0) is 5.60 Å². The van der Waals surface area contributed by atoms with Crippen molar-refractivity contribution in [3.63, 3.8) is 0 Å². The van der Waals surface area contributed by atoms with Gasteiger partial charge in [-0.2, -0.15) is 17.0 Å². The van der Waals surface area contributed by atoms with Crippen molar-refractivity contribution < 1.29 is 9.84 Å². The highest BCUT2D eigenvalue weighted by Gasteiger charge is 2.42. The molecule has 0 aromatic heterocycles. The number of methoxy groups -OCH3 is 1. The third-order valence-electron chi connectivity index (χ3n) is 4.43. The topological polar surface area (TPSA) is 53.2 Å². The first-order valence-electron chi connectivity index (χ1n) is 7.11. The maximum Gasteiger partial charge on any atom is 0.136 e. The molecule has 4 heteroatoms. The zero-order valence-electron chi connectivity index (χ0n) is 11.6. The Balaban J connectivity index is 1.93. The fraction of sp³-hybridized carbons (Fsp3) is 0.562. The maximum atomic E-state index is 11.1. The van der Waals surface area contributed by atoms with Gasteiger partial charge >= 0.3 is 0 Å². The average molecular weight is 289 g/mol. The van der Waals surface area contributed by atoms with Gasteiger partial charge in [-0.05, 0) is 43.4 Å². The Morgan fingerprint density at radius 2 is 2.05 bits per heavy atom. The fourth-order valence-electron chi connectivity index (χ4n) is 3.43. The third kappa shape index (κ3) is 2.41. The molecule has 0 aliphatic carbocycles. The summed E-state index contributed by atoms with van der Waals surface area (Å²) >= 11 is 2.04. The van der Waals surface area contributed by atoms with Gasteiger partial charge in [0.15, 0.2) is 0 Å². The molecule has 0 saturated carbocycles. The van der Waals surface area contributed by atoms with Crippen LogP contribution in [0.15, 0.2) is 18.2 Å². The molecular weight excluding hydrogens is 270 g/mol. The van der Waals surface area contributed by atoms with Crippen LogP contribution in [0.25, 0.3) is 0 Å². The van der Waals surface area contributed by atoms with E-state index in [2.05, 4.69) is 6.07 Å². The number of hydrogen-bond acceptors (Lipinski definition) is 4. The van der Waals surface area contributed by atoms with Crippen LogP contribution in [0.4, 0.5) is 0 Å². The summed E-state index contributed by atoms with van der Waals surface area (Å²) in [7, 11) is 1.56. The summed E-state index contributed by atoms with van der Waals surface area (Å²) in [6.45, 7) is 0. The second-order valence-corrected chi connectivity index (χ2v) is 7.38. The van der Waals surface area contributed by atoms with Crippen molar-refractivity contribution in [1.29, 1.82) is 5.26 Å². The van der Waals surface area contributed by atoms with E-state index in [0.29, 0.717) is 21.8 Å². The molecule has 0 radical (unpaired) electrons. The first-order valence-corrected chi connectivity index (χ1v) is 8.05. The van der Waals surface area contributed by atoms with Gasteiger partial charge < -0.3 is 9.84 Å². The van der Waals surface area contributed by atoms with Crippen LogP contribution in [-0.4, -0.2) is 22.7 Å². The number of aliphatic hydroxyl groups is 1. The number of hydrogen-bond donors (Lipinski definition) is 1. The van der Waals surface area contributed by atoms with E-state index in [1.807, 2.05) is 23.9 Å². The Kier molecular flexibility index (Phi) is 3.66. The predicted octanol–water partition coefficient (Wildman–Crippen LogP) is 3.20. The van der Waals surface area contributed by atoms with Crippen molar-refractivity contribution >= 4 is 11.8 Å². The normalized spacial score (nSPS) is 32.5. The molecule has 0 amide bonds. The molecule has 3 rings (SSSR count). The minimum atomic E-state index is -0.762. The Morgan fingerprint density at radius 3 is 2.65 bits per heavy atom. The minimum Gasteiger partial charge on any atom is -0.495 e. The lowest BCUT2D eigenvalue weighted by molar-refractivity contribution is 0.00795. The monoisotopic (exact) mass is 289 g/mol. The zero-order valence-corrected chi connectivity index (χ0v) is 12.4. The lowest BCUT2D eigenvalue weighted by Gasteiger charge is -2.44. The lowest BCUT2D eigenvalue weighted by Crippen LogP contribution is -2.40. The highest BCUT2D eigenvalue weighted by molar-refractivity contribution is 8.00. The molecule has 2 aliphatic rings. The summed E-state index contributed by atoms with van der Waals surface area (Å²) in [4.78, 5) is 0. The summed E-state index contributed by atoms with van der Waals surface area (Å²) in [6, 6.07) is 7.59. The number of ether oxygens (including phenoxy) is 1. The number of nitriles is 1. The van der Waals surface area contributed by atoms with Gasteiger partial charge in [0.2, 0.25) is 0 Å². The maximum absolute atomic E-state index is 11.1. The Bertz CT molecular complexity index is 540. The number of thioether (sulfide) groups is 1. The summed E-state index contributed by atoms with van der Waals surface area (Å²) in [6.07, 6.45) is 5.31. The van der Waals surface area contributed by atoms with Crippen LogP contribution in [0, 0.1) is 11.3 Å². The molecule has 1 aromatic rings. The average Bonchev–Trinajstić information content (AvgIpc) is 2.46. The molecule has 2 bridgehead atoms. The van der Waals surface area contributed by atoms with Crippen LogP contribution in [0.3, 0.4) is 0 Å². The van der Waals surface area contributed by atoms with E-state index >= 15 is 0 Å². The molecule has 1 aromatic carbocycles. The summed E-state index contributed by atoms with van der Waals surface area (Å²) < 4.78 is 5.27. The van der Waals surface area contributed by atoms with E-state index in [4.69, 9.17) is 10.00 Å². The van der Waals surface area contributed by atoms with E-state index in [0.717, 1.165) is 18.4 Å². The summed E-state index contributed by atoms with van der Waals surface area (Å²) in [5, 5.41) is 21.3. The first-order chi connectivity index (χ1) is 9.64. The second-order valence-electron chi connectivity index (χ2n) is 5.78. The van der Waals surface area contributed by atoms with Gasteiger partial charge in [0.05, 0.1) is 18.3 Å². The highest BCUT2D eigenvalue weighted by Crippen LogP contribution is 2.49. The van der Waals surface area contributed by atoms with Gasteiger partial charge in [0.25, 0.3) is 0 Å². The van der Waals surface area contributed by atoms with E-state index < -0.39 is 5.60 Å². The molecule has 2 aliphatic heterocycles. The quantitative estimate of drug-likeness (QED) is 0.908. The molecule has 3 nitrogen and oxygen atoms in total. The van der Waals surface area contributed by atoms with Crippen molar-refractivity contribution in [1.82, 2.24) is 0 Å². The van der Waals surface area contributed by atoms with E-state index in [1.54, 1.807) is 13.2 Å². The zero-order chi connectivity index (χ0) is 14.2. The van der Waals surface area contributed by atoms with Crippen LogP contribution >= 0.6 is 11.8 Å². The Morgan fingerprint density at radius 1 is 1.35 bits per heavy atom. The molecule has 0 spiro atoms. The van der Waals surface area contributed by atoms with Crippen molar-refractivity contribution in [2.24, 2.45) is 0 Å². The van der Waals surface area contributed by atoms with E-state index in [-0.39, 0.29) is 0 Å². The SMILES string of the molecule is COc1cc(C2(O)CC3CCCC(C2)S3)ccc1C#N. The standard InChI is InChI=1S/C16H19NO2S/c1-19-15-7-12(6-5-11(15)10-17)16(18)8-13-3-2-4-14(9-16)20-13/h5-7,13-14,18H,2-4,8-9H2,1H3. The molecular formula is C16H19NO2S. The number of benzene rings is 1. The molecule has 1 N–H and O–H groups in total. The Hall–Kier alpha value is -1.18. The summed E-state index contributed by atoms with van der Waals surface area (Å²) in [5.41, 5.74) is 0.651. The summed E-state index contributed by atoms with van der Waals surface area (Å²) in [5.74, 6) is 0.557. The van der Waals surface area contributed by atoms with Crippen LogP contribution in [0.5, 0.6) is 5.75 Å². The van der Waals surface area contributed by atoms with E-state index in [9.17, 15) is 5.11 Å². The lowest BCUT2D eigenvalue weighted by atomic mass is 9.80. The predicted molar refractivity (Wildman–Crippen MR) is 79.9 cm³/mol. The van der Waals surface area contributed by atoms with Gasteiger partial charge in [0, 0.05) is 10.5 Å². The first kappa shape index (κ1) is 13.8. The molecule has 2 saturated heterocycles. The molecule has 20 heavy (non-hydrogen) atoms. The number of rotatable bonds is 2.